The maximum Gasteiger partial charge on any atom is 0.226 e. The first-order valence-corrected chi connectivity index (χ1v) is 7.66. The van der Waals surface area contributed by atoms with Crippen molar-refractivity contribution in [3.05, 3.63) is 23.8 Å². The quantitative estimate of drug-likeness (QED) is 0.896. The molecule has 0 radical (unpaired) electrons. The number of halogens is 1. The number of fused-ring (bicyclic) bond motifs is 1. The number of benzene rings is 1. The third-order valence-corrected chi connectivity index (χ3v) is 4.64. The van der Waals surface area contributed by atoms with E-state index < -0.39 is 0 Å². The first-order valence-electron chi connectivity index (χ1n) is 7.66. The van der Waals surface area contributed by atoms with E-state index in [4.69, 9.17) is 15.2 Å². The number of nitrogens with two attached hydrogens (primary N) is 1. The topological polar surface area (TPSA) is 64.8 Å². The summed E-state index contributed by atoms with van der Waals surface area (Å²) in [6.45, 7) is 2.72. The van der Waals surface area contributed by atoms with E-state index >= 15 is 0 Å². The molecule has 2 fully saturated rings. The zero-order valence-electron chi connectivity index (χ0n) is 12.4. The fraction of sp³-hybridized carbons (Fsp3) is 0.562. The average molecular weight is 325 g/mol. The van der Waals surface area contributed by atoms with E-state index in [1.54, 1.807) is 0 Å². The Morgan fingerprint density at radius 2 is 2.00 bits per heavy atom. The molecular weight excluding hydrogens is 304 g/mol. The van der Waals surface area contributed by atoms with Crippen molar-refractivity contribution in [2.24, 2.45) is 11.7 Å². The number of amides is 1. The summed E-state index contributed by atoms with van der Waals surface area (Å²) in [7, 11) is 0. The molecule has 1 aliphatic carbocycles. The molecule has 0 spiro atoms. The second kappa shape index (κ2) is 5.97. The molecule has 5 nitrogen and oxygen atoms in total. The SMILES string of the molecule is Cl.N[C@@H]1CCN(C(=O)C2CC2c2ccc3c(c2)OCCO3)C1. The number of carbonyl (C=O) groups is 1. The van der Waals surface area contributed by atoms with Crippen molar-refractivity contribution < 1.29 is 14.3 Å². The van der Waals surface area contributed by atoms with E-state index in [-0.39, 0.29) is 30.3 Å². The van der Waals surface area contributed by atoms with Crippen LogP contribution in [-0.4, -0.2) is 43.2 Å². The van der Waals surface area contributed by atoms with Crippen LogP contribution in [0.3, 0.4) is 0 Å². The first kappa shape index (κ1) is 15.4. The highest BCUT2D eigenvalue weighted by atomic mass is 35.5. The molecule has 1 aromatic rings. The molecule has 22 heavy (non-hydrogen) atoms. The van der Waals surface area contributed by atoms with Gasteiger partial charge in [0.2, 0.25) is 5.91 Å². The first-order chi connectivity index (χ1) is 10.2. The van der Waals surface area contributed by atoms with Crippen molar-refractivity contribution in [1.29, 1.82) is 0 Å². The lowest BCUT2D eigenvalue weighted by atomic mass is 10.1. The summed E-state index contributed by atoms with van der Waals surface area (Å²) in [5.74, 6) is 2.32. The van der Waals surface area contributed by atoms with Crippen molar-refractivity contribution >= 4 is 18.3 Å². The number of ether oxygens (including phenoxy) is 2. The summed E-state index contributed by atoms with van der Waals surface area (Å²) in [5, 5.41) is 0. The fourth-order valence-electron chi connectivity index (χ4n) is 3.35. The largest absolute Gasteiger partial charge is 0.486 e. The lowest BCUT2D eigenvalue weighted by Gasteiger charge is -2.19. The molecule has 1 aromatic carbocycles. The molecule has 3 atom stereocenters. The van der Waals surface area contributed by atoms with Crippen molar-refractivity contribution in [2.45, 2.75) is 24.8 Å². The molecule has 3 aliphatic rings. The van der Waals surface area contributed by atoms with Crippen LogP contribution in [0, 0.1) is 5.92 Å². The molecule has 4 rings (SSSR count). The minimum absolute atomic E-state index is 0. The Morgan fingerprint density at radius 1 is 1.23 bits per heavy atom. The predicted molar refractivity (Wildman–Crippen MR) is 84.7 cm³/mol. The van der Waals surface area contributed by atoms with Crippen molar-refractivity contribution in [3.8, 4) is 11.5 Å². The summed E-state index contributed by atoms with van der Waals surface area (Å²) >= 11 is 0. The summed E-state index contributed by atoms with van der Waals surface area (Å²) in [6, 6.07) is 6.19. The van der Waals surface area contributed by atoms with Crippen LogP contribution in [0.5, 0.6) is 11.5 Å². The van der Waals surface area contributed by atoms with Gasteiger partial charge in [-0.3, -0.25) is 4.79 Å². The highest BCUT2D eigenvalue weighted by Crippen LogP contribution is 2.50. The molecule has 6 heteroatoms. The molecule has 0 bridgehead atoms. The molecule has 2 heterocycles. The molecule has 120 valence electrons. The van der Waals surface area contributed by atoms with E-state index in [1.807, 2.05) is 17.0 Å². The van der Waals surface area contributed by atoms with E-state index in [2.05, 4.69) is 6.07 Å². The minimum Gasteiger partial charge on any atom is -0.486 e. The average Bonchev–Trinajstić information content (AvgIpc) is 3.20. The van der Waals surface area contributed by atoms with Gasteiger partial charge in [0.15, 0.2) is 11.5 Å². The van der Waals surface area contributed by atoms with Gasteiger partial charge in [0.1, 0.15) is 13.2 Å². The Balaban J connectivity index is 0.00000144. The van der Waals surface area contributed by atoms with Gasteiger partial charge in [0.05, 0.1) is 0 Å². The molecule has 0 aromatic heterocycles. The number of nitrogens with zero attached hydrogens (tertiary/aromatic N) is 1. The number of likely N-dealkylation sites (tertiary alicyclic amines) is 1. The van der Waals surface area contributed by atoms with Crippen LogP contribution in [-0.2, 0) is 4.79 Å². The normalized spacial score (nSPS) is 29.0. The van der Waals surface area contributed by atoms with E-state index in [9.17, 15) is 4.79 Å². The van der Waals surface area contributed by atoms with Crippen molar-refractivity contribution in [3.63, 3.8) is 0 Å². The molecule has 1 saturated heterocycles. The van der Waals surface area contributed by atoms with Gasteiger partial charge in [-0.2, -0.15) is 0 Å². The van der Waals surface area contributed by atoms with Crippen molar-refractivity contribution in [1.82, 2.24) is 4.90 Å². The van der Waals surface area contributed by atoms with Gasteiger partial charge in [-0.25, -0.2) is 0 Å². The summed E-state index contributed by atoms with van der Waals surface area (Å²) in [6.07, 6.45) is 1.86. The van der Waals surface area contributed by atoms with Gasteiger partial charge in [0.25, 0.3) is 0 Å². The van der Waals surface area contributed by atoms with Gasteiger partial charge in [-0.1, -0.05) is 6.07 Å². The second-order valence-electron chi connectivity index (χ2n) is 6.18. The number of hydrogen-bond acceptors (Lipinski definition) is 4. The fourth-order valence-corrected chi connectivity index (χ4v) is 3.35. The van der Waals surface area contributed by atoms with E-state index in [1.165, 1.54) is 5.56 Å². The summed E-state index contributed by atoms with van der Waals surface area (Å²) in [4.78, 5) is 14.4. The number of carbonyl (C=O) groups excluding carboxylic acids is 1. The van der Waals surface area contributed by atoms with E-state index in [0.717, 1.165) is 30.9 Å². The minimum atomic E-state index is 0. The Kier molecular flexibility index (Phi) is 4.19. The monoisotopic (exact) mass is 324 g/mol. The predicted octanol–water partition coefficient (Wildman–Crippen LogP) is 1.54. The Labute approximate surface area is 136 Å². The van der Waals surface area contributed by atoms with Crippen molar-refractivity contribution in [2.75, 3.05) is 26.3 Å². The standard InChI is InChI=1S/C16H20N2O3.ClH/c17-11-3-4-18(9-11)16(19)13-8-12(13)10-1-2-14-15(7-10)21-6-5-20-14;/h1-2,7,11-13H,3-6,8-9,17H2;1H/t11-,12?,13?;/m1./s1. The molecular formula is C16H21ClN2O3. The van der Waals surface area contributed by atoms with Crippen LogP contribution in [0.1, 0.15) is 24.3 Å². The number of hydrogen-bond donors (Lipinski definition) is 1. The van der Waals surface area contributed by atoms with Gasteiger partial charge in [0, 0.05) is 25.0 Å². The lowest BCUT2D eigenvalue weighted by Crippen LogP contribution is -2.33. The molecule has 1 amide bonds. The van der Waals surface area contributed by atoms with Gasteiger partial charge < -0.3 is 20.1 Å². The lowest BCUT2D eigenvalue weighted by molar-refractivity contribution is -0.131. The molecule has 2 N–H and O–H groups in total. The van der Waals surface area contributed by atoms with Crippen LogP contribution in [0.2, 0.25) is 0 Å². The van der Waals surface area contributed by atoms with Crippen LogP contribution >= 0.6 is 12.4 Å². The van der Waals surface area contributed by atoms with E-state index in [0.29, 0.717) is 25.7 Å². The van der Waals surface area contributed by atoms with Gasteiger partial charge in [-0.05, 0) is 36.5 Å². The number of rotatable bonds is 2. The third kappa shape index (κ3) is 2.75. The maximum atomic E-state index is 12.4. The summed E-state index contributed by atoms with van der Waals surface area (Å²) in [5.41, 5.74) is 7.06. The van der Waals surface area contributed by atoms with Gasteiger partial charge in [-0.15, -0.1) is 12.4 Å². The third-order valence-electron chi connectivity index (χ3n) is 4.64. The second-order valence-corrected chi connectivity index (χ2v) is 6.18. The Morgan fingerprint density at radius 3 is 2.73 bits per heavy atom. The highest BCUT2D eigenvalue weighted by Gasteiger charge is 2.46. The van der Waals surface area contributed by atoms with Crippen LogP contribution < -0.4 is 15.2 Å². The van der Waals surface area contributed by atoms with Crippen LogP contribution in [0.25, 0.3) is 0 Å². The summed E-state index contributed by atoms with van der Waals surface area (Å²) < 4.78 is 11.1. The molecule has 1 saturated carbocycles. The Bertz CT molecular complexity index is 581. The zero-order chi connectivity index (χ0) is 14.4. The maximum absolute atomic E-state index is 12.4. The Hall–Kier alpha value is -1.46. The smallest absolute Gasteiger partial charge is 0.226 e. The van der Waals surface area contributed by atoms with Crippen LogP contribution in [0.4, 0.5) is 0 Å². The highest BCUT2D eigenvalue weighted by molar-refractivity contribution is 5.85. The van der Waals surface area contributed by atoms with Gasteiger partial charge >= 0.3 is 0 Å². The molecule has 2 aliphatic heterocycles. The zero-order valence-corrected chi connectivity index (χ0v) is 13.2. The van der Waals surface area contributed by atoms with Crippen LogP contribution in [0.15, 0.2) is 18.2 Å². The molecule has 2 unspecified atom stereocenters.